The standard InChI is InChI=1S/C18H32ClN5/c1-5-20-18(21-11-15-8-7-9-24(6-2)12-15)23(4)14-17-10-16(19)13-22(17)3/h10,13,15H,5-9,11-12,14H2,1-4H3,(H,20,21). The van der Waals surface area contributed by atoms with Crippen molar-refractivity contribution in [2.75, 3.05) is 39.8 Å². The first-order valence-electron chi connectivity index (χ1n) is 9.06. The summed E-state index contributed by atoms with van der Waals surface area (Å²) in [5.74, 6) is 1.65. The van der Waals surface area contributed by atoms with Crippen LogP contribution in [0.4, 0.5) is 0 Å². The molecule has 1 atom stereocenters. The van der Waals surface area contributed by atoms with Crippen LogP contribution in [0.25, 0.3) is 0 Å². The van der Waals surface area contributed by atoms with E-state index in [1.54, 1.807) is 0 Å². The molecule has 0 amide bonds. The third kappa shape index (κ3) is 5.42. The van der Waals surface area contributed by atoms with Gasteiger partial charge < -0.3 is 19.7 Å². The number of nitrogens with zero attached hydrogens (tertiary/aromatic N) is 4. The number of rotatable bonds is 6. The van der Waals surface area contributed by atoms with E-state index in [1.165, 1.54) is 31.6 Å². The molecule has 1 aliphatic rings. The molecule has 1 N–H and O–H groups in total. The van der Waals surface area contributed by atoms with E-state index in [1.807, 2.05) is 19.3 Å². The molecule has 1 aromatic rings. The third-order valence-electron chi connectivity index (χ3n) is 4.72. The van der Waals surface area contributed by atoms with Crippen molar-refractivity contribution < 1.29 is 0 Å². The molecule has 1 unspecified atom stereocenters. The Bertz CT molecular complexity index is 540. The molecule has 1 aliphatic heterocycles. The first kappa shape index (κ1) is 19.1. The molecule has 0 aromatic carbocycles. The van der Waals surface area contributed by atoms with Crippen molar-refractivity contribution in [3.05, 3.63) is 23.0 Å². The van der Waals surface area contributed by atoms with E-state index in [4.69, 9.17) is 16.6 Å². The summed E-state index contributed by atoms with van der Waals surface area (Å²) < 4.78 is 2.07. The molecule has 1 saturated heterocycles. The Morgan fingerprint density at radius 1 is 1.46 bits per heavy atom. The minimum atomic E-state index is 0.672. The molecule has 5 nitrogen and oxygen atoms in total. The van der Waals surface area contributed by atoms with Gasteiger partial charge in [0.2, 0.25) is 0 Å². The molecule has 6 heteroatoms. The second-order valence-corrected chi connectivity index (χ2v) is 7.15. The molecule has 0 aliphatic carbocycles. The van der Waals surface area contributed by atoms with Crippen molar-refractivity contribution >= 4 is 17.6 Å². The number of likely N-dealkylation sites (tertiary alicyclic amines) is 1. The number of halogens is 1. The Morgan fingerprint density at radius 3 is 2.88 bits per heavy atom. The normalized spacial score (nSPS) is 19.5. The highest BCUT2D eigenvalue weighted by Crippen LogP contribution is 2.17. The Balaban J connectivity index is 1.97. The second kappa shape index (κ2) is 9.33. The van der Waals surface area contributed by atoms with Gasteiger partial charge in [-0.1, -0.05) is 18.5 Å². The van der Waals surface area contributed by atoms with Crippen LogP contribution >= 0.6 is 11.6 Å². The van der Waals surface area contributed by atoms with Crippen LogP contribution in [-0.2, 0) is 13.6 Å². The number of nitrogens with one attached hydrogen (secondary N) is 1. The summed E-state index contributed by atoms with van der Waals surface area (Å²) in [5, 5.41) is 4.20. The van der Waals surface area contributed by atoms with E-state index in [-0.39, 0.29) is 0 Å². The highest BCUT2D eigenvalue weighted by molar-refractivity contribution is 6.30. The van der Waals surface area contributed by atoms with Gasteiger partial charge in [-0.25, -0.2) is 0 Å². The quantitative estimate of drug-likeness (QED) is 0.631. The zero-order valence-electron chi connectivity index (χ0n) is 15.6. The zero-order chi connectivity index (χ0) is 17.5. The van der Waals surface area contributed by atoms with Gasteiger partial charge in [0.15, 0.2) is 5.96 Å². The fraction of sp³-hybridized carbons (Fsp3) is 0.722. The van der Waals surface area contributed by atoms with E-state index < -0.39 is 0 Å². The number of hydrogen-bond donors (Lipinski definition) is 1. The average molecular weight is 354 g/mol. The van der Waals surface area contributed by atoms with Crippen molar-refractivity contribution in [2.45, 2.75) is 33.2 Å². The van der Waals surface area contributed by atoms with Crippen LogP contribution in [0.1, 0.15) is 32.4 Å². The van der Waals surface area contributed by atoms with E-state index in [9.17, 15) is 0 Å². The highest BCUT2D eigenvalue weighted by Gasteiger charge is 2.19. The van der Waals surface area contributed by atoms with E-state index in [0.29, 0.717) is 5.92 Å². The van der Waals surface area contributed by atoms with Crippen molar-refractivity contribution in [1.82, 2.24) is 19.7 Å². The number of hydrogen-bond acceptors (Lipinski definition) is 2. The highest BCUT2D eigenvalue weighted by atomic mass is 35.5. The Kier molecular flexibility index (Phi) is 7.43. The van der Waals surface area contributed by atoms with Gasteiger partial charge in [0.05, 0.1) is 11.6 Å². The topological polar surface area (TPSA) is 35.8 Å². The Hall–Kier alpha value is -1.20. The van der Waals surface area contributed by atoms with Crippen LogP contribution in [0.5, 0.6) is 0 Å². The minimum Gasteiger partial charge on any atom is -0.357 e. The van der Waals surface area contributed by atoms with Crippen LogP contribution in [0.3, 0.4) is 0 Å². The van der Waals surface area contributed by atoms with Crippen LogP contribution < -0.4 is 5.32 Å². The summed E-state index contributed by atoms with van der Waals surface area (Å²) in [6.45, 7) is 10.5. The van der Waals surface area contributed by atoms with Gasteiger partial charge in [-0.15, -0.1) is 0 Å². The first-order valence-corrected chi connectivity index (χ1v) is 9.43. The zero-order valence-corrected chi connectivity index (χ0v) is 16.3. The molecule has 24 heavy (non-hydrogen) atoms. The summed E-state index contributed by atoms with van der Waals surface area (Å²) in [5.41, 5.74) is 1.18. The van der Waals surface area contributed by atoms with Gasteiger partial charge in [-0.3, -0.25) is 4.99 Å². The average Bonchev–Trinajstić information content (AvgIpc) is 2.88. The van der Waals surface area contributed by atoms with E-state index in [2.05, 4.69) is 40.6 Å². The van der Waals surface area contributed by atoms with Crippen molar-refractivity contribution in [3.63, 3.8) is 0 Å². The largest absolute Gasteiger partial charge is 0.357 e. The SMILES string of the molecule is CCNC(=NCC1CCCN(CC)C1)N(C)Cc1cc(Cl)cn1C. The minimum absolute atomic E-state index is 0.672. The number of aliphatic imine (C=N–C) groups is 1. The summed E-state index contributed by atoms with van der Waals surface area (Å²) >= 11 is 6.09. The number of piperidine rings is 1. The maximum Gasteiger partial charge on any atom is 0.194 e. The Morgan fingerprint density at radius 2 is 2.25 bits per heavy atom. The number of guanidine groups is 1. The lowest BCUT2D eigenvalue weighted by Gasteiger charge is -2.31. The molecular weight excluding hydrogens is 322 g/mol. The van der Waals surface area contributed by atoms with Crippen molar-refractivity contribution in [1.29, 1.82) is 0 Å². The van der Waals surface area contributed by atoms with Crippen LogP contribution in [-0.4, -0.2) is 60.1 Å². The van der Waals surface area contributed by atoms with E-state index in [0.717, 1.165) is 37.2 Å². The van der Waals surface area contributed by atoms with Gasteiger partial charge in [-0.05, 0) is 44.8 Å². The lowest BCUT2D eigenvalue weighted by Crippen LogP contribution is -2.40. The second-order valence-electron chi connectivity index (χ2n) is 6.71. The smallest absolute Gasteiger partial charge is 0.194 e. The first-order chi connectivity index (χ1) is 11.5. The summed E-state index contributed by atoms with van der Waals surface area (Å²) in [6, 6.07) is 2.02. The fourth-order valence-corrected chi connectivity index (χ4v) is 3.59. The lowest BCUT2D eigenvalue weighted by molar-refractivity contribution is 0.186. The van der Waals surface area contributed by atoms with Crippen molar-refractivity contribution in [3.8, 4) is 0 Å². The number of aromatic nitrogens is 1. The molecule has 2 heterocycles. The molecule has 0 spiro atoms. The van der Waals surface area contributed by atoms with Crippen LogP contribution in [0.2, 0.25) is 5.02 Å². The van der Waals surface area contributed by atoms with Crippen molar-refractivity contribution in [2.24, 2.45) is 18.0 Å². The van der Waals surface area contributed by atoms with Gasteiger partial charge in [-0.2, -0.15) is 0 Å². The molecule has 2 rings (SSSR count). The fourth-order valence-electron chi connectivity index (χ4n) is 3.31. The predicted molar refractivity (Wildman–Crippen MR) is 103 cm³/mol. The lowest BCUT2D eigenvalue weighted by atomic mass is 9.98. The monoisotopic (exact) mass is 353 g/mol. The predicted octanol–water partition coefficient (Wildman–Crippen LogP) is 2.81. The molecule has 1 aromatic heterocycles. The van der Waals surface area contributed by atoms with E-state index >= 15 is 0 Å². The maximum absolute atomic E-state index is 6.09. The molecule has 0 bridgehead atoms. The van der Waals surface area contributed by atoms with Crippen LogP contribution in [0.15, 0.2) is 17.3 Å². The summed E-state index contributed by atoms with van der Waals surface area (Å²) in [4.78, 5) is 9.61. The van der Waals surface area contributed by atoms with Gasteiger partial charge >= 0.3 is 0 Å². The van der Waals surface area contributed by atoms with Gasteiger partial charge in [0.25, 0.3) is 0 Å². The number of aryl methyl sites for hydroxylation is 1. The molecule has 0 saturated carbocycles. The maximum atomic E-state index is 6.09. The summed E-state index contributed by atoms with van der Waals surface area (Å²) in [7, 11) is 4.11. The Labute approximate surface area is 151 Å². The van der Waals surface area contributed by atoms with Gasteiger partial charge in [0, 0.05) is 45.6 Å². The summed E-state index contributed by atoms with van der Waals surface area (Å²) in [6.07, 6.45) is 4.52. The van der Waals surface area contributed by atoms with Gasteiger partial charge in [0.1, 0.15) is 0 Å². The third-order valence-corrected chi connectivity index (χ3v) is 4.93. The molecule has 1 fully saturated rings. The van der Waals surface area contributed by atoms with Crippen LogP contribution in [0, 0.1) is 5.92 Å². The molecular formula is C18H32ClN5. The molecule has 136 valence electrons. The molecule has 0 radical (unpaired) electrons.